The maximum absolute atomic E-state index is 12.8. The van der Waals surface area contributed by atoms with Crippen LogP contribution >= 0.6 is 0 Å². The van der Waals surface area contributed by atoms with Crippen LogP contribution in [0.1, 0.15) is 0 Å². The molecule has 0 atom stereocenters. The number of nitrogens with zero attached hydrogens (tertiary/aromatic N) is 1. The van der Waals surface area contributed by atoms with Crippen molar-refractivity contribution in [2.45, 2.75) is 0 Å². The monoisotopic (exact) mass is 259 g/mol. The van der Waals surface area contributed by atoms with Crippen molar-refractivity contribution in [1.29, 1.82) is 0 Å². The Kier molecular flexibility index (Phi) is 3.66. The number of nitrogens with two attached hydrogens (primary N) is 1. The van der Waals surface area contributed by atoms with Crippen LogP contribution in [-0.4, -0.2) is 13.1 Å². The number of hydrogen-bond donors (Lipinski definition) is 2. The second-order valence-corrected chi connectivity index (χ2v) is 4.09. The Morgan fingerprint density at radius 3 is 2.26 bits per heavy atom. The van der Waals surface area contributed by atoms with E-state index in [0.717, 1.165) is 0 Å². The van der Waals surface area contributed by atoms with Gasteiger partial charge in [-0.25, -0.2) is 9.18 Å². The maximum atomic E-state index is 12.8. The molecule has 3 N–H and O–H groups in total. The molecule has 2 amide bonds. The Balaban J connectivity index is 2.07. The summed E-state index contributed by atoms with van der Waals surface area (Å²) >= 11 is 0. The third-order valence-electron chi connectivity index (χ3n) is 2.68. The molecule has 0 aliphatic rings. The zero-order valence-electron chi connectivity index (χ0n) is 10.4. The van der Waals surface area contributed by atoms with Gasteiger partial charge in [0.1, 0.15) is 5.82 Å². The normalized spacial score (nSPS) is 10.0. The number of halogens is 1. The highest BCUT2D eigenvalue weighted by Crippen LogP contribution is 2.16. The van der Waals surface area contributed by atoms with Gasteiger partial charge in [-0.2, -0.15) is 0 Å². The van der Waals surface area contributed by atoms with Crippen molar-refractivity contribution in [2.24, 2.45) is 0 Å². The van der Waals surface area contributed by atoms with Gasteiger partial charge in [0.25, 0.3) is 0 Å². The fraction of sp³-hybridized carbons (Fsp3) is 0.0714. The zero-order valence-corrected chi connectivity index (χ0v) is 10.4. The summed E-state index contributed by atoms with van der Waals surface area (Å²) in [7, 11) is 1.64. The van der Waals surface area contributed by atoms with E-state index < -0.39 is 0 Å². The summed E-state index contributed by atoms with van der Waals surface area (Å²) < 4.78 is 12.8. The van der Waals surface area contributed by atoms with Gasteiger partial charge in [-0.05, 0) is 48.5 Å². The number of nitrogens with one attached hydrogen (secondary N) is 1. The van der Waals surface area contributed by atoms with E-state index in [-0.39, 0.29) is 11.8 Å². The number of rotatable bonds is 2. The molecule has 0 aliphatic carbocycles. The first-order valence-electron chi connectivity index (χ1n) is 5.72. The van der Waals surface area contributed by atoms with E-state index >= 15 is 0 Å². The third-order valence-corrected chi connectivity index (χ3v) is 2.68. The molecule has 19 heavy (non-hydrogen) atoms. The molecule has 0 spiro atoms. The lowest BCUT2D eigenvalue weighted by Crippen LogP contribution is -2.31. The molecule has 2 rings (SSSR count). The van der Waals surface area contributed by atoms with Crippen molar-refractivity contribution in [2.75, 3.05) is 23.0 Å². The fourth-order valence-electron chi connectivity index (χ4n) is 1.56. The topological polar surface area (TPSA) is 58.4 Å². The molecule has 98 valence electrons. The molecule has 0 saturated carbocycles. The SMILES string of the molecule is CN(C(=O)Nc1ccc(F)cc1)c1ccc(N)cc1. The Morgan fingerprint density at radius 1 is 1.11 bits per heavy atom. The van der Waals surface area contributed by atoms with Crippen LogP contribution in [0.15, 0.2) is 48.5 Å². The van der Waals surface area contributed by atoms with E-state index in [1.54, 1.807) is 31.3 Å². The lowest BCUT2D eigenvalue weighted by molar-refractivity contribution is 0.258. The van der Waals surface area contributed by atoms with Gasteiger partial charge in [-0.1, -0.05) is 0 Å². The summed E-state index contributed by atoms with van der Waals surface area (Å²) in [5.74, 6) is -0.343. The standard InChI is InChI=1S/C14H14FN3O/c1-18(13-8-4-11(16)5-9-13)14(19)17-12-6-2-10(15)3-7-12/h2-9H,16H2,1H3,(H,17,19). The number of carbonyl (C=O) groups is 1. The van der Waals surface area contributed by atoms with Crippen molar-refractivity contribution in [3.05, 3.63) is 54.3 Å². The Hall–Kier alpha value is -2.56. The lowest BCUT2D eigenvalue weighted by Gasteiger charge is -2.18. The lowest BCUT2D eigenvalue weighted by atomic mass is 10.2. The summed E-state index contributed by atoms with van der Waals surface area (Å²) in [5, 5.41) is 2.67. The highest BCUT2D eigenvalue weighted by molar-refractivity contribution is 6.01. The van der Waals surface area contributed by atoms with Gasteiger partial charge >= 0.3 is 6.03 Å². The second kappa shape index (κ2) is 5.39. The Morgan fingerprint density at radius 2 is 1.68 bits per heavy atom. The fourth-order valence-corrected chi connectivity index (χ4v) is 1.56. The Bertz CT molecular complexity index is 566. The molecule has 0 unspecified atom stereocenters. The summed E-state index contributed by atoms with van der Waals surface area (Å²) in [5.41, 5.74) is 7.47. The van der Waals surface area contributed by atoms with Crippen LogP contribution in [-0.2, 0) is 0 Å². The van der Waals surface area contributed by atoms with Crippen LogP contribution in [0.25, 0.3) is 0 Å². The van der Waals surface area contributed by atoms with Crippen molar-refractivity contribution in [3.8, 4) is 0 Å². The highest BCUT2D eigenvalue weighted by Gasteiger charge is 2.10. The number of benzene rings is 2. The van der Waals surface area contributed by atoms with E-state index in [4.69, 9.17) is 5.73 Å². The van der Waals surface area contributed by atoms with Crippen LogP contribution in [0.3, 0.4) is 0 Å². The molecule has 0 saturated heterocycles. The predicted molar refractivity (Wildman–Crippen MR) is 74.7 cm³/mol. The average molecular weight is 259 g/mol. The van der Waals surface area contributed by atoms with E-state index in [9.17, 15) is 9.18 Å². The zero-order chi connectivity index (χ0) is 13.8. The van der Waals surface area contributed by atoms with Crippen LogP contribution in [0.4, 0.5) is 26.2 Å². The summed E-state index contributed by atoms with van der Waals surface area (Å²) in [6.07, 6.45) is 0. The van der Waals surface area contributed by atoms with E-state index in [0.29, 0.717) is 17.1 Å². The molecule has 4 nitrogen and oxygen atoms in total. The minimum Gasteiger partial charge on any atom is -0.399 e. The quantitative estimate of drug-likeness (QED) is 0.814. The van der Waals surface area contributed by atoms with Crippen LogP contribution in [0.2, 0.25) is 0 Å². The minimum atomic E-state index is -0.343. The molecule has 0 aromatic heterocycles. The molecule has 0 fully saturated rings. The smallest absolute Gasteiger partial charge is 0.326 e. The molecular formula is C14H14FN3O. The maximum Gasteiger partial charge on any atom is 0.326 e. The van der Waals surface area contributed by atoms with Gasteiger partial charge in [0, 0.05) is 24.1 Å². The van der Waals surface area contributed by atoms with Crippen molar-refractivity contribution in [1.82, 2.24) is 0 Å². The number of nitrogen functional groups attached to an aromatic ring is 1. The van der Waals surface area contributed by atoms with Crippen LogP contribution in [0, 0.1) is 5.82 Å². The van der Waals surface area contributed by atoms with Gasteiger partial charge in [0.05, 0.1) is 0 Å². The van der Waals surface area contributed by atoms with E-state index in [2.05, 4.69) is 5.32 Å². The second-order valence-electron chi connectivity index (χ2n) is 4.09. The van der Waals surface area contributed by atoms with Crippen molar-refractivity contribution in [3.63, 3.8) is 0 Å². The first-order chi connectivity index (χ1) is 9.06. The molecule has 0 radical (unpaired) electrons. The third kappa shape index (κ3) is 3.22. The van der Waals surface area contributed by atoms with Crippen LogP contribution < -0.4 is 16.0 Å². The largest absolute Gasteiger partial charge is 0.399 e. The van der Waals surface area contributed by atoms with E-state index in [1.807, 2.05) is 0 Å². The van der Waals surface area contributed by atoms with Gasteiger partial charge in [0.2, 0.25) is 0 Å². The summed E-state index contributed by atoms with van der Waals surface area (Å²) in [6.45, 7) is 0. The number of carbonyl (C=O) groups excluding carboxylic acids is 1. The molecule has 0 aliphatic heterocycles. The minimum absolute atomic E-state index is 0.309. The van der Waals surface area contributed by atoms with E-state index in [1.165, 1.54) is 29.2 Å². The van der Waals surface area contributed by atoms with Gasteiger partial charge in [-0.15, -0.1) is 0 Å². The molecule has 2 aromatic rings. The first-order valence-corrected chi connectivity index (χ1v) is 5.72. The van der Waals surface area contributed by atoms with Crippen molar-refractivity contribution >= 4 is 23.1 Å². The molecule has 5 heteroatoms. The summed E-state index contributed by atoms with van der Waals surface area (Å²) in [4.78, 5) is 13.4. The van der Waals surface area contributed by atoms with Gasteiger partial charge in [-0.3, -0.25) is 4.90 Å². The Labute approximate surface area is 110 Å². The molecule has 2 aromatic carbocycles. The number of anilines is 3. The number of amides is 2. The first kappa shape index (κ1) is 12.9. The molecular weight excluding hydrogens is 245 g/mol. The number of hydrogen-bond acceptors (Lipinski definition) is 2. The molecule has 0 heterocycles. The van der Waals surface area contributed by atoms with Gasteiger partial charge < -0.3 is 11.1 Å². The highest BCUT2D eigenvalue weighted by atomic mass is 19.1. The average Bonchev–Trinajstić information content (AvgIpc) is 2.41. The van der Waals surface area contributed by atoms with Crippen LogP contribution in [0.5, 0.6) is 0 Å². The van der Waals surface area contributed by atoms with Crippen molar-refractivity contribution < 1.29 is 9.18 Å². The molecule has 0 bridgehead atoms. The van der Waals surface area contributed by atoms with Gasteiger partial charge in [0.15, 0.2) is 0 Å². The summed E-state index contributed by atoms with van der Waals surface area (Å²) in [6, 6.07) is 12.2. The number of urea groups is 1. The predicted octanol–water partition coefficient (Wildman–Crippen LogP) is 3.08.